The predicted octanol–water partition coefficient (Wildman–Crippen LogP) is 2.95. The minimum absolute atomic E-state index is 0.191. The molecule has 1 fully saturated rings. The second kappa shape index (κ2) is 8.84. The summed E-state index contributed by atoms with van der Waals surface area (Å²) in [7, 11) is 0. The Balaban J connectivity index is 1.47. The van der Waals surface area contributed by atoms with E-state index in [2.05, 4.69) is 10.4 Å². The van der Waals surface area contributed by atoms with Gasteiger partial charge in [-0.15, -0.1) is 0 Å². The van der Waals surface area contributed by atoms with Gasteiger partial charge in [-0.3, -0.25) is 19.3 Å². The van der Waals surface area contributed by atoms with E-state index in [1.165, 1.54) is 4.68 Å². The van der Waals surface area contributed by atoms with Crippen molar-refractivity contribution in [3.05, 3.63) is 72.1 Å². The molecule has 3 amide bonds. The number of amides is 3. The minimum Gasteiger partial charge on any atom is -0.461 e. The molecule has 2 heterocycles. The first-order chi connectivity index (χ1) is 15.5. The van der Waals surface area contributed by atoms with E-state index < -0.39 is 5.97 Å². The molecule has 1 N–H and O–H groups in total. The summed E-state index contributed by atoms with van der Waals surface area (Å²) in [5, 5.41) is 7.01. The molecule has 162 valence electrons. The summed E-state index contributed by atoms with van der Waals surface area (Å²) < 4.78 is 6.46. The van der Waals surface area contributed by atoms with Crippen LogP contribution in [0.2, 0.25) is 0 Å². The van der Waals surface area contributed by atoms with Gasteiger partial charge in [0.2, 0.25) is 11.8 Å². The van der Waals surface area contributed by atoms with Crippen LogP contribution in [0.25, 0.3) is 5.69 Å². The van der Waals surface area contributed by atoms with Crippen molar-refractivity contribution < 1.29 is 23.9 Å². The van der Waals surface area contributed by atoms with Crippen LogP contribution in [-0.4, -0.2) is 40.1 Å². The molecule has 9 heteroatoms. The van der Waals surface area contributed by atoms with Gasteiger partial charge < -0.3 is 10.1 Å². The number of hydrogen-bond donors (Lipinski definition) is 1. The molecule has 0 radical (unpaired) electrons. The van der Waals surface area contributed by atoms with E-state index in [0.717, 1.165) is 4.90 Å². The lowest BCUT2D eigenvalue weighted by molar-refractivity contribution is -0.121. The van der Waals surface area contributed by atoms with Crippen molar-refractivity contribution in [3.8, 4) is 5.69 Å². The van der Waals surface area contributed by atoms with Gasteiger partial charge in [-0.2, -0.15) is 5.10 Å². The van der Waals surface area contributed by atoms with Crippen molar-refractivity contribution in [2.75, 3.05) is 16.8 Å². The second-order valence-corrected chi connectivity index (χ2v) is 7.04. The lowest BCUT2D eigenvalue weighted by Crippen LogP contribution is -2.28. The van der Waals surface area contributed by atoms with Gasteiger partial charge in [0.15, 0.2) is 5.69 Å². The third-order valence-electron chi connectivity index (χ3n) is 4.88. The Bertz CT molecular complexity index is 1180. The molecule has 0 spiro atoms. The smallest absolute Gasteiger partial charge is 0.358 e. The van der Waals surface area contributed by atoms with Gasteiger partial charge in [0.05, 0.1) is 18.0 Å². The lowest BCUT2D eigenvalue weighted by Gasteiger charge is -2.14. The van der Waals surface area contributed by atoms with E-state index in [9.17, 15) is 19.2 Å². The fourth-order valence-corrected chi connectivity index (χ4v) is 3.34. The fraction of sp³-hybridized carbons (Fsp3) is 0.174. The third kappa shape index (κ3) is 4.27. The molecular formula is C23H20N4O5. The maximum atomic E-state index is 12.6. The number of aromatic nitrogens is 2. The molecule has 9 nitrogen and oxygen atoms in total. The summed E-state index contributed by atoms with van der Waals surface area (Å²) >= 11 is 0. The molecule has 0 aliphatic carbocycles. The number of hydrogen-bond acceptors (Lipinski definition) is 6. The first-order valence-electron chi connectivity index (χ1n) is 10.1. The molecule has 1 saturated heterocycles. The Morgan fingerprint density at radius 2 is 1.72 bits per heavy atom. The van der Waals surface area contributed by atoms with E-state index in [1.807, 2.05) is 0 Å². The van der Waals surface area contributed by atoms with Crippen molar-refractivity contribution in [3.63, 3.8) is 0 Å². The van der Waals surface area contributed by atoms with Crippen LogP contribution >= 0.6 is 0 Å². The summed E-state index contributed by atoms with van der Waals surface area (Å²) in [6.07, 6.45) is 2.04. The number of rotatable bonds is 6. The van der Waals surface area contributed by atoms with Crippen LogP contribution in [0.5, 0.6) is 0 Å². The van der Waals surface area contributed by atoms with Crippen molar-refractivity contribution in [2.45, 2.75) is 19.8 Å². The third-order valence-corrected chi connectivity index (χ3v) is 4.88. The molecule has 1 aromatic heterocycles. The average Bonchev–Trinajstić information content (AvgIpc) is 3.41. The Hall–Kier alpha value is -4.27. The van der Waals surface area contributed by atoms with Gasteiger partial charge in [-0.25, -0.2) is 9.48 Å². The molecule has 1 aliphatic rings. The summed E-state index contributed by atoms with van der Waals surface area (Å²) in [5.74, 6) is -1.33. The predicted molar refractivity (Wildman–Crippen MR) is 116 cm³/mol. The molecule has 0 unspecified atom stereocenters. The zero-order valence-electron chi connectivity index (χ0n) is 17.3. The van der Waals surface area contributed by atoms with Gasteiger partial charge in [0.1, 0.15) is 0 Å². The van der Waals surface area contributed by atoms with Crippen LogP contribution in [0, 0.1) is 0 Å². The van der Waals surface area contributed by atoms with Crippen LogP contribution in [-0.2, 0) is 14.3 Å². The van der Waals surface area contributed by atoms with Crippen LogP contribution < -0.4 is 10.2 Å². The quantitative estimate of drug-likeness (QED) is 0.474. The van der Waals surface area contributed by atoms with Crippen molar-refractivity contribution in [1.29, 1.82) is 0 Å². The van der Waals surface area contributed by atoms with Crippen LogP contribution in [0.15, 0.2) is 60.8 Å². The van der Waals surface area contributed by atoms with Gasteiger partial charge in [-0.1, -0.05) is 6.07 Å². The van der Waals surface area contributed by atoms with Crippen molar-refractivity contribution in [1.82, 2.24) is 9.78 Å². The second-order valence-electron chi connectivity index (χ2n) is 7.04. The maximum Gasteiger partial charge on any atom is 0.358 e. The molecule has 3 aromatic rings. The number of benzene rings is 2. The zero-order chi connectivity index (χ0) is 22.7. The van der Waals surface area contributed by atoms with E-state index in [-0.39, 0.29) is 42.9 Å². The molecule has 4 rings (SSSR count). The van der Waals surface area contributed by atoms with Crippen molar-refractivity contribution >= 4 is 35.1 Å². The Morgan fingerprint density at radius 3 is 2.41 bits per heavy atom. The van der Waals surface area contributed by atoms with E-state index >= 15 is 0 Å². The summed E-state index contributed by atoms with van der Waals surface area (Å²) in [4.78, 5) is 49.3. The number of carbonyl (C=O) groups is 4. The normalized spacial score (nSPS) is 13.3. The van der Waals surface area contributed by atoms with Gasteiger partial charge >= 0.3 is 5.97 Å². The Morgan fingerprint density at radius 1 is 1.00 bits per heavy atom. The first kappa shape index (κ1) is 21.0. The number of imide groups is 1. The molecular weight excluding hydrogens is 412 g/mol. The van der Waals surface area contributed by atoms with Crippen LogP contribution in [0.1, 0.15) is 40.6 Å². The highest BCUT2D eigenvalue weighted by molar-refractivity contribution is 6.20. The monoisotopic (exact) mass is 432 g/mol. The van der Waals surface area contributed by atoms with Gasteiger partial charge in [-0.05, 0) is 55.5 Å². The summed E-state index contributed by atoms with van der Waals surface area (Å²) in [6.45, 7) is 1.98. The molecule has 0 atom stereocenters. The zero-order valence-corrected chi connectivity index (χ0v) is 17.3. The number of nitrogens with zero attached hydrogens (tertiary/aromatic N) is 3. The number of nitrogens with one attached hydrogen (secondary N) is 1. The highest BCUT2D eigenvalue weighted by Gasteiger charge is 2.30. The highest BCUT2D eigenvalue weighted by Crippen LogP contribution is 2.23. The van der Waals surface area contributed by atoms with Crippen LogP contribution in [0.3, 0.4) is 0 Å². The Kier molecular flexibility index (Phi) is 5.80. The Labute approximate surface area is 183 Å². The average molecular weight is 432 g/mol. The number of anilines is 2. The summed E-state index contributed by atoms with van der Waals surface area (Å²) in [6, 6.07) is 14.8. The first-order valence-corrected chi connectivity index (χ1v) is 10.1. The molecule has 0 bridgehead atoms. The van der Waals surface area contributed by atoms with E-state index in [1.54, 1.807) is 67.7 Å². The van der Waals surface area contributed by atoms with E-state index in [0.29, 0.717) is 22.6 Å². The lowest BCUT2D eigenvalue weighted by atomic mass is 10.1. The largest absolute Gasteiger partial charge is 0.461 e. The van der Waals surface area contributed by atoms with Crippen molar-refractivity contribution in [2.24, 2.45) is 0 Å². The summed E-state index contributed by atoms with van der Waals surface area (Å²) in [5.41, 5.74) is 2.21. The molecule has 1 aliphatic heterocycles. The number of carbonyl (C=O) groups excluding carboxylic acids is 4. The number of esters is 1. The maximum absolute atomic E-state index is 12.6. The van der Waals surface area contributed by atoms with E-state index in [4.69, 9.17) is 4.74 Å². The number of ether oxygens (including phenoxy) is 1. The minimum atomic E-state index is -0.503. The van der Waals surface area contributed by atoms with Crippen LogP contribution in [0.4, 0.5) is 11.4 Å². The standard InChI is InChI=1S/C23H20N4O5/c1-2-32-23(31)19-12-13-26(25-19)18-5-3-4-16(14-18)24-22(30)15-6-8-17(9-7-15)27-20(28)10-11-21(27)29/h3-9,12-14H,2,10-11H2,1H3,(H,24,30). The van der Waals surface area contributed by atoms with Gasteiger partial charge in [0.25, 0.3) is 5.91 Å². The molecule has 32 heavy (non-hydrogen) atoms. The van der Waals surface area contributed by atoms with Gasteiger partial charge in [0, 0.05) is 30.3 Å². The highest BCUT2D eigenvalue weighted by atomic mass is 16.5. The SMILES string of the molecule is CCOC(=O)c1ccn(-c2cccc(NC(=O)c3ccc(N4C(=O)CCC4=O)cc3)c2)n1. The fourth-order valence-electron chi connectivity index (χ4n) is 3.34. The molecule has 2 aromatic carbocycles. The topological polar surface area (TPSA) is 111 Å². The molecule has 0 saturated carbocycles.